The van der Waals surface area contributed by atoms with Crippen molar-refractivity contribution in [2.75, 3.05) is 5.32 Å². The summed E-state index contributed by atoms with van der Waals surface area (Å²) >= 11 is 1.47. The Labute approximate surface area is 132 Å². The number of anilines is 1. The number of amides is 1. The van der Waals surface area contributed by atoms with Gasteiger partial charge in [-0.2, -0.15) is 0 Å². The van der Waals surface area contributed by atoms with E-state index in [0.29, 0.717) is 18.0 Å². The first kappa shape index (κ1) is 14.5. The normalized spacial score (nSPS) is 10.8. The van der Waals surface area contributed by atoms with Crippen molar-refractivity contribution in [3.8, 4) is 5.75 Å². The predicted octanol–water partition coefficient (Wildman–Crippen LogP) is 3.88. The number of nitrogens with zero attached hydrogens (tertiary/aromatic N) is 1. The minimum atomic E-state index is -0.0981. The molecule has 0 spiro atoms. The van der Waals surface area contributed by atoms with Gasteiger partial charge in [-0.15, -0.1) is 0 Å². The smallest absolute Gasteiger partial charge is 0.226 e. The van der Waals surface area contributed by atoms with Gasteiger partial charge in [0.2, 0.25) is 5.91 Å². The number of para-hydroxylation sites is 1. The van der Waals surface area contributed by atoms with Crippen LogP contribution in [0.5, 0.6) is 5.75 Å². The van der Waals surface area contributed by atoms with Crippen molar-refractivity contribution in [1.82, 2.24) is 4.98 Å². The van der Waals surface area contributed by atoms with E-state index in [-0.39, 0.29) is 11.7 Å². The van der Waals surface area contributed by atoms with E-state index in [0.717, 1.165) is 15.8 Å². The van der Waals surface area contributed by atoms with Crippen LogP contribution in [-0.2, 0) is 11.2 Å². The molecule has 0 atom stereocenters. The van der Waals surface area contributed by atoms with Crippen LogP contribution in [0.15, 0.2) is 42.5 Å². The number of hydrogen-bond donors (Lipinski definition) is 2. The van der Waals surface area contributed by atoms with Gasteiger partial charge >= 0.3 is 0 Å². The number of fused-ring (bicyclic) bond motifs is 1. The van der Waals surface area contributed by atoms with Crippen molar-refractivity contribution >= 4 is 32.6 Å². The molecule has 3 rings (SSSR count). The lowest BCUT2D eigenvalue weighted by Crippen LogP contribution is -2.12. The number of hydrogen-bond acceptors (Lipinski definition) is 4. The average Bonchev–Trinajstić information content (AvgIpc) is 2.87. The van der Waals surface area contributed by atoms with E-state index < -0.39 is 0 Å². The summed E-state index contributed by atoms with van der Waals surface area (Å²) in [5.74, 6) is 0.129. The van der Waals surface area contributed by atoms with Gasteiger partial charge in [0.1, 0.15) is 5.75 Å². The summed E-state index contributed by atoms with van der Waals surface area (Å²) in [4.78, 5) is 16.4. The molecule has 22 heavy (non-hydrogen) atoms. The first-order valence-electron chi connectivity index (χ1n) is 7.06. The van der Waals surface area contributed by atoms with Gasteiger partial charge < -0.3 is 10.4 Å². The minimum Gasteiger partial charge on any atom is -0.508 e. The number of phenolic OH excluding ortho intramolecular Hbond substituents is 1. The molecule has 4 nitrogen and oxygen atoms in total. The summed E-state index contributed by atoms with van der Waals surface area (Å²) in [5, 5.41) is 13.1. The van der Waals surface area contributed by atoms with Crippen molar-refractivity contribution in [2.45, 2.75) is 19.8 Å². The number of rotatable bonds is 4. The standard InChI is InChI=1S/C17H16N2O2S/c1-11-6-8-13-15(10-11)22-17(18-13)19-16(21)9-7-12-4-2-3-5-14(12)20/h2-6,8,10,20H,7,9H2,1H3,(H,18,19,21). The van der Waals surface area contributed by atoms with Crippen LogP contribution < -0.4 is 5.32 Å². The summed E-state index contributed by atoms with van der Waals surface area (Å²) in [6.07, 6.45) is 0.815. The molecule has 0 bridgehead atoms. The average molecular weight is 312 g/mol. The van der Waals surface area contributed by atoms with Crippen molar-refractivity contribution in [3.63, 3.8) is 0 Å². The third-order valence-corrected chi connectivity index (χ3v) is 4.34. The Morgan fingerprint density at radius 2 is 2.09 bits per heavy atom. The maximum Gasteiger partial charge on any atom is 0.226 e. The maximum atomic E-state index is 12.0. The van der Waals surface area contributed by atoms with Crippen LogP contribution in [0.1, 0.15) is 17.5 Å². The number of aryl methyl sites for hydroxylation is 2. The summed E-state index contributed by atoms with van der Waals surface area (Å²) in [6, 6.07) is 13.1. The van der Waals surface area contributed by atoms with Gasteiger partial charge in [0.05, 0.1) is 10.2 Å². The Morgan fingerprint density at radius 1 is 1.27 bits per heavy atom. The number of carbonyl (C=O) groups is 1. The highest BCUT2D eigenvalue weighted by molar-refractivity contribution is 7.22. The van der Waals surface area contributed by atoms with E-state index in [9.17, 15) is 9.90 Å². The summed E-state index contributed by atoms with van der Waals surface area (Å²) < 4.78 is 1.07. The second kappa shape index (κ2) is 6.15. The van der Waals surface area contributed by atoms with Gasteiger partial charge in [-0.25, -0.2) is 4.98 Å². The first-order chi connectivity index (χ1) is 10.6. The molecular weight excluding hydrogens is 296 g/mol. The van der Waals surface area contributed by atoms with Crippen LogP contribution in [0.4, 0.5) is 5.13 Å². The number of aromatic nitrogens is 1. The van der Waals surface area contributed by atoms with Gasteiger partial charge in [-0.05, 0) is 42.7 Å². The Morgan fingerprint density at radius 3 is 2.91 bits per heavy atom. The Kier molecular flexibility index (Phi) is 4.06. The molecule has 5 heteroatoms. The van der Waals surface area contributed by atoms with Crippen LogP contribution in [0, 0.1) is 6.92 Å². The van der Waals surface area contributed by atoms with E-state index in [4.69, 9.17) is 0 Å². The first-order valence-corrected chi connectivity index (χ1v) is 7.87. The summed E-state index contributed by atoms with van der Waals surface area (Å²) in [6.45, 7) is 2.03. The number of phenols is 1. The monoisotopic (exact) mass is 312 g/mol. The van der Waals surface area contributed by atoms with Gasteiger partial charge in [-0.1, -0.05) is 35.6 Å². The van der Waals surface area contributed by atoms with E-state index >= 15 is 0 Å². The van der Waals surface area contributed by atoms with E-state index in [1.54, 1.807) is 12.1 Å². The quantitative estimate of drug-likeness (QED) is 0.768. The SMILES string of the molecule is Cc1ccc2nc(NC(=O)CCc3ccccc3O)sc2c1. The largest absolute Gasteiger partial charge is 0.508 e. The van der Waals surface area contributed by atoms with Crippen LogP contribution in [-0.4, -0.2) is 16.0 Å². The molecule has 3 aromatic rings. The lowest BCUT2D eigenvalue weighted by Gasteiger charge is -2.04. The van der Waals surface area contributed by atoms with Gasteiger partial charge in [0.25, 0.3) is 0 Å². The van der Waals surface area contributed by atoms with Crippen molar-refractivity contribution < 1.29 is 9.90 Å². The molecule has 0 fully saturated rings. The number of carbonyl (C=O) groups excluding carboxylic acids is 1. The number of nitrogens with one attached hydrogen (secondary N) is 1. The minimum absolute atomic E-state index is 0.0981. The third kappa shape index (κ3) is 3.26. The second-order valence-corrected chi connectivity index (χ2v) is 6.20. The van der Waals surface area contributed by atoms with Gasteiger partial charge in [0.15, 0.2) is 5.13 Å². The number of thiazole rings is 1. The van der Waals surface area contributed by atoms with Gasteiger partial charge in [0, 0.05) is 6.42 Å². The van der Waals surface area contributed by atoms with Crippen molar-refractivity contribution in [3.05, 3.63) is 53.6 Å². The maximum absolute atomic E-state index is 12.0. The van der Waals surface area contributed by atoms with E-state index in [1.165, 1.54) is 16.9 Å². The fraction of sp³-hybridized carbons (Fsp3) is 0.176. The molecule has 2 aromatic carbocycles. The molecule has 0 aliphatic heterocycles. The zero-order valence-electron chi connectivity index (χ0n) is 12.2. The second-order valence-electron chi connectivity index (χ2n) is 5.17. The van der Waals surface area contributed by atoms with Crippen LogP contribution in [0.25, 0.3) is 10.2 Å². The van der Waals surface area contributed by atoms with Crippen LogP contribution in [0.3, 0.4) is 0 Å². The number of aromatic hydroxyl groups is 1. The zero-order chi connectivity index (χ0) is 15.5. The molecule has 1 amide bonds. The fourth-order valence-electron chi connectivity index (χ4n) is 2.24. The summed E-state index contributed by atoms with van der Waals surface area (Å²) in [7, 11) is 0. The van der Waals surface area contributed by atoms with Gasteiger partial charge in [-0.3, -0.25) is 4.79 Å². The Balaban J connectivity index is 1.64. The van der Waals surface area contributed by atoms with Crippen LogP contribution in [0.2, 0.25) is 0 Å². The molecular formula is C17H16N2O2S. The Bertz CT molecular complexity index is 826. The molecule has 1 aromatic heterocycles. The highest BCUT2D eigenvalue weighted by Gasteiger charge is 2.09. The highest BCUT2D eigenvalue weighted by Crippen LogP contribution is 2.27. The molecule has 0 aliphatic carbocycles. The van der Waals surface area contributed by atoms with Crippen LogP contribution >= 0.6 is 11.3 Å². The Hall–Kier alpha value is -2.40. The zero-order valence-corrected chi connectivity index (χ0v) is 13.0. The molecule has 1 heterocycles. The number of benzene rings is 2. The van der Waals surface area contributed by atoms with E-state index in [2.05, 4.69) is 16.4 Å². The molecule has 0 unspecified atom stereocenters. The topological polar surface area (TPSA) is 62.2 Å². The summed E-state index contributed by atoms with van der Waals surface area (Å²) in [5.41, 5.74) is 2.85. The highest BCUT2D eigenvalue weighted by atomic mass is 32.1. The third-order valence-electron chi connectivity index (χ3n) is 3.40. The molecule has 112 valence electrons. The molecule has 0 radical (unpaired) electrons. The van der Waals surface area contributed by atoms with Crippen molar-refractivity contribution in [2.24, 2.45) is 0 Å². The molecule has 0 saturated heterocycles. The molecule has 0 saturated carbocycles. The fourth-order valence-corrected chi connectivity index (χ4v) is 3.22. The van der Waals surface area contributed by atoms with Crippen molar-refractivity contribution in [1.29, 1.82) is 0 Å². The lowest BCUT2D eigenvalue weighted by atomic mass is 10.1. The molecule has 2 N–H and O–H groups in total. The van der Waals surface area contributed by atoms with E-state index in [1.807, 2.05) is 31.2 Å². The lowest BCUT2D eigenvalue weighted by molar-refractivity contribution is -0.116. The predicted molar refractivity (Wildman–Crippen MR) is 89.4 cm³/mol. The molecule has 0 aliphatic rings.